The molecule has 0 rings (SSSR count). The van der Waals surface area contributed by atoms with Crippen molar-refractivity contribution in [3.8, 4) is 0 Å². The molecule has 0 heterocycles. The fourth-order valence-corrected chi connectivity index (χ4v) is 1.40. The second kappa shape index (κ2) is 6.28. The molecule has 0 N–H and O–H groups in total. The van der Waals surface area contributed by atoms with Crippen LogP contribution in [0.3, 0.4) is 0 Å². The molecule has 0 aliphatic rings. The summed E-state index contributed by atoms with van der Waals surface area (Å²) in [5, 5.41) is 0. The lowest BCUT2D eigenvalue weighted by atomic mass is 9.89. The predicted molar refractivity (Wildman–Crippen MR) is 50.9 cm³/mol. The molecule has 0 aromatic carbocycles. The van der Waals surface area contributed by atoms with Gasteiger partial charge in [-0.05, 0) is 6.42 Å². The van der Waals surface area contributed by atoms with Crippen LogP contribution in [0.15, 0.2) is 0 Å². The van der Waals surface area contributed by atoms with Gasteiger partial charge in [0.25, 0.3) is 0 Å². The van der Waals surface area contributed by atoms with Crippen molar-refractivity contribution in [3.63, 3.8) is 0 Å². The Morgan fingerprint density at radius 1 is 0.520 bits per heavy atom. The molecule has 0 aromatic rings. The summed E-state index contributed by atoms with van der Waals surface area (Å²) in [5.41, 5.74) is 0. The Balaban J connectivity index is 6.39. The van der Waals surface area contributed by atoms with Gasteiger partial charge in [-0.2, -0.15) is 52.7 Å². The number of alkyl halides is 15. The SMILES string of the molecule is CCC(F)C(F)(F)C(F)(F)C(F)(F)C(F)(F)C(F)(F)C(F)(F)C(F)F. The Morgan fingerprint density at radius 2 is 0.800 bits per heavy atom. The van der Waals surface area contributed by atoms with Crippen molar-refractivity contribution in [2.75, 3.05) is 0 Å². The minimum absolute atomic E-state index is 0.352. The van der Waals surface area contributed by atoms with Gasteiger partial charge in [0, 0.05) is 0 Å². The van der Waals surface area contributed by atoms with E-state index in [1.807, 2.05) is 0 Å². The molecule has 0 bridgehead atoms. The summed E-state index contributed by atoms with van der Waals surface area (Å²) in [6.45, 7) is 0.352. The molecule has 0 saturated carbocycles. The van der Waals surface area contributed by atoms with E-state index in [0.717, 1.165) is 0 Å². The molecule has 0 amide bonds. The predicted octanol–water partition coefficient (Wildman–Crippen LogP) is 5.81. The van der Waals surface area contributed by atoms with E-state index >= 15 is 0 Å². The number of halogens is 15. The van der Waals surface area contributed by atoms with Crippen LogP contribution in [0, 0.1) is 0 Å². The van der Waals surface area contributed by atoms with Gasteiger partial charge in [0.15, 0.2) is 6.17 Å². The van der Waals surface area contributed by atoms with Crippen LogP contribution in [0.4, 0.5) is 65.9 Å². The maximum absolute atomic E-state index is 13.1. The zero-order valence-electron chi connectivity index (χ0n) is 11.5. The monoisotopic (exact) mass is 412 g/mol. The number of rotatable bonds is 8. The summed E-state index contributed by atoms with van der Waals surface area (Å²) in [5.74, 6) is -45.7. The first-order valence-corrected chi connectivity index (χ1v) is 5.87. The molecule has 0 aromatic heterocycles. The molecule has 152 valence electrons. The molecule has 0 aliphatic heterocycles. The molecule has 0 aliphatic carbocycles. The fourth-order valence-electron chi connectivity index (χ4n) is 1.40. The summed E-state index contributed by atoms with van der Waals surface area (Å²) >= 11 is 0. The van der Waals surface area contributed by atoms with Crippen LogP contribution in [-0.4, -0.2) is 48.1 Å². The van der Waals surface area contributed by atoms with Crippen LogP contribution in [0.5, 0.6) is 0 Å². The van der Waals surface area contributed by atoms with E-state index in [1.54, 1.807) is 0 Å². The normalized spacial score (nSPS) is 17.2. The van der Waals surface area contributed by atoms with Gasteiger partial charge in [-0.3, -0.25) is 0 Å². The lowest BCUT2D eigenvalue weighted by Crippen LogP contribution is -2.72. The first-order valence-electron chi connectivity index (χ1n) is 5.87. The molecule has 0 radical (unpaired) electrons. The van der Waals surface area contributed by atoms with E-state index in [2.05, 4.69) is 0 Å². The zero-order valence-corrected chi connectivity index (χ0v) is 11.5. The maximum atomic E-state index is 13.1. The lowest BCUT2D eigenvalue weighted by molar-refractivity contribution is -0.436. The fraction of sp³-hybridized carbons (Fsp3) is 1.00. The van der Waals surface area contributed by atoms with Crippen molar-refractivity contribution in [3.05, 3.63) is 0 Å². The topological polar surface area (TPSA) is 0 Å². The van der Waals surface area contributed by atoms with Crippen LogP contribution in [0.1, 0.15) is 13.3 Å². The second-order valence-corrected chi connectivity index (χ2v) is 4.72. The molecule has 1 atom stereocenters. The minimum atomic E-state index is -8.11. The molecule has 0 nitrogen and oxygen atoms in total. The first-order chi connectivity index (χ1) is 10.7. The zero-order chi connectivity index (χ0) is 20.9. The highest BCUT2D eigenvalue weighted by Gasteiger charge is 2.91. The highest BCUT2D eigenvalue weighted by atomic mass is 19.4. The second-order valence-electron chi connectivity index (χ2n) is 4.72. The lowest BCUT2D eigenvalue weighted by Gasteiger charge is -2.41. The smallest absolute Gasteiger partial charge is 0.241 e. The van der Waals surface area contributed by atoms with Gasteiger partial charge >= 0.3 is 42.0 Å². The van der Waals surface area contributed by atoms with Gasteiger partial charge < -0.3 is 0 Å². The Kier molecular flexibility index (Phi) is 6.02. The molecule has 15 heteroatoms. The van der Waals surface area contributed by atoms with E-state index in [-0.39, 0.29) is 0 Å². The van der Waals surface area contributed by atoms with Crippen LogP contribution < -0.4 is 0 Å². The highest BCUT2D eigenvalue weighted by Crippen LogP contribution is 2.61. The van der Waals surface area contributed by atoms with Crippen molar-refractivity contribution >= 4 is 0 Å². The van der Waals surface area contributed by atoms with E-state index in [1.165, 1.54) is 0 Å². The summed E-state index contributed by atoms with van der Waals surface area (Å²) in [7, 11) is 0. The van der Waals surface area contributed by atoms with Crippen molar-refractivity contribution in [2.45, 2.75) is 61.5 Å². The minimum Gasteiger partial charge on any atom is -0.241 e. The van der Waals surface area contributed by atoms with E-state index in [4.69, 9.17) is 0 Å². The average Bonchev–Trinajstić information content (AvgIpc) is 2.44. The summed E-state index contributed by atoms with van der Waals surface area (Å²) in [4.78, 5) is 0. The standard InChI is InChI=1S/C10H7F15/c1-2-3(11)5(14,15)7(18,19)9(22,23)10(24,25)8(20,21)6(16,17)4(12)13/h3-4H,2H2,1H3. The van der Waals surface area contributed by atoms with Gasteiger partial charge in [0.2, 0.25) is 0 Å². The largest absolute Gasteiger partial charge is 0.384 e. The third-order valence-corrected chi connectivity index (χ3v) is 3.05. The van der Waals surface area contributed by atoms with Crippen LogP contribution in [-0.2, 0) is 0 Å². The Bertz CT molecular complexity index is 465. The summed E-state index contributed by atoms with van der Waals surface area (Å²) in [6.07, 6.45) is -11.7. The van der Waals surface area contributed by atoms with Crippen molar-refractivity contribution in [1.29, 1.82) is 0 Å². The van der Waals surface area contributed by atoms with Gasteiger partial charge in [0.05, 0.1) is 0 Å². The molecular weight excluding hydrogens is 405 g/mol. The van der Waals surface area contributed by atoms with Crippen molar-refractivity contribution in [1.82, 2.24) is 0 Å². The van der Waals surface area contributed by atoms with Gasteiger partial charge in [-0.25, -0.2) is 13.2 Å². The van der Waals surface area contributed by atoms with E-state index in [9.17, 15) is 65.9 Å². The molecule has 1 unspecified atom stereocenters. The van der Waals surface area contributed by atoms with Gasteiger partial charge in [0.1, 0.15) is 0 Å². The van der Waals surface area contributed by atoms with Crippen molar-refractivity contribution < 1.29 is 65.9 Å². The van der Waals surface area contributed by atoms with E-state index < -0.39 is 54.6 Å². The third-order valence-electron chi connectivity index (χ3n) is 3.05. The van der Waals surface area contributed by atoms with E-state index in [0.29, 0.717) is 6.92 Å². The molecule has 0 saturated heterocycles. The summed E-state index contributed by atoms with van der Waals surface area (Å²) in [6, 6.07) is 0. The molecule has 25 heavy (non-hydrogen) atoms. The van der Waals surface area contributed by atoms with Gasteiger partial charge in [-0.1, -0.05) is 6.92 Å². The Hall–Kier alpha value is -1.05. The Morgan fingerprint density at radius 3 is 1.04 bits per heavy atom. The maximum Gasteiger partial charge on any atom is 0.384 e. The number of hydrogen-bond acceptors (Lipinski definition) is 0. The average molecular weight is 412 g/mol. The quantitative estimate of drug-likeness (QED) is 0.442. The van der Waals surface area contributed by atoms with Crippen molar-refractivity contribution in [2.24, 2.45) is 0 Å². The van der Waals surface area contributed by atoms with Gasteiger partial charge in [-0.15, -0.1) is 0 Å². The summed E-state index contributed by atoms with van der Waals surface area (Å²) < 4.78 is 191. The molecule has 0 spiro atoms. The number of hydrogen-bond donors (Lipinski definition) is 0. The third kappa shape index (κ3) is 3.00. The van der Waals surface area contributed by atoms with Crippen LogP contribution in [0.2, 0.25) is 0 Å². The Labute approximate surface area is 129 Å². The molecular formula is C10H7F15. The van der Waals surface area contributed by atoms with Crippen LogP contribution in [0.25, 0.3) is 0 Å². The molecule has 0 fully saturated rings. The first kappa shape index (κ1) is 23.9. The highest BCUT2D eigenvalue weighted by molar-refractivity contribution is 5.13. The van der Waals surface area contributed by atoms with Crippen LogP contribution >= 0.6 is 0 Å².